The first-order chi connectivity index (χ1) is 13.6. The number of hydrogen-bond acceptors (Lipinski definition) is 7. The fourth-order valence-electron chi connectivity index (χ4n) is 3.77. The summed E-state index contributed by atoms with van der Waals surface area (Å²) in [6, 6.07) is 5.83. The van der Waals surface area contributed by atoms with Gasteiger partial charge in [-0.25, -0.2) is 9.78 Å². The molecule has 0 aliphatic carbocycles. The largest absolute Gasteiger partial charge is 0.497 e. The molecule has 0 bridgehead atoms. The van der Waals surface area contributed by atoms with Gasteiger partial charge in [-0.3, -0.25) is 9.69 Å². The highest BCUT2D eigenvalue weighted by atomic mass is 32.1. The standard InChI is InChI=1S/C19H24N4O4S/c1-26-10-9-22-17(24)12-23(19(22)25)13-5-7-21(8-6-13)18-20-15-11-14(27-2)3-4-16(15)28-18/h3-4,11,13H,5-10,12H2,1-2H3. The second-order valence-electron chi connectivity index (χ2n) is 7.00. The Morgan fingerprint density at radius 1 is 1.21 bits per heavy atom. The first-order valence-corrected chi connectivity index (χ1v) is 10.2. The van der Waals surface area contributed by atoms with Crippen LogP contribution in [-0.2, 0) is 9.53 Å². The molecular weight excluding hydrogens is 380 g/mol. The molecule has 2 aliphatic heterocycles. The summed E-state index contributed by atoms with van der Waals surface area (Å²) < 4.78 is 11.4. The lowest BCUT2D eigenvalue weighted by Gasteiger charge is -2.36. The molecule has 0 spiro atoms. The first-order valence-electron chi connectivity index (χ1n) is 9.40. The Bertz CT molecular complexity index is 878. The SMILES string of the molecule is COCCN1C(=O)CN(C2CCN(c3nc4cc(OC)ccc4s3)CC2)C1=O. The number of fused-ring (bicyclic) bond motifs is 1. The van der Waals surface area contributed by atoms with Crippen LogP contribution in [-0.4, -0.2) is 79.8 Å². The van der Waals surface area contributed by atoms with Crippen molar-refractivity contribution in [2.75, 3.05) is 51.9 Å². The number of thiazole rings is 1. The van der Waals surface area contributed by atoms with E-state index in [2.05, 4.69) is 4.90 Å². The maximum Gasteiger partial charge on any atom is 0.327 e. The highest BCUT2D eigenvalue weighted by Crippen LogP contribution is 2.33. The molecular formula is C19H24N4O4S. The van der Waals surface area contributed by atoms with Crippen LogP contribution in [0.2, 0.25) is 0 Å². The minimum atomic E-state index is -0.187. The fraction of sp³-hybridized carbons (Fsp3) is 0.526. The number of amides is 3. The van der Waals surface area contributed by atoms with Gasteiger partial charge in [-0.1, -0.05) is 11.3 Å². The zero-order valence-corrected chi connectivity index (χ0v) is 16.9. The summed E-state index contributed by atoms with van der Waals surface area (Å²) in [7, 11) is 3.22. The molecule has 1 aromatic heterocycles. The molecule has 2 saturated heterocycles. The lowest BCUT2D eigenvalue weighted by Crippen LogP contribution is -2.46. The molecule has 2 aliphatic rings. The van der Waals surface area contributed by atoms with Gasteiger partial charge in [-0.15, -0.1) is 0 Å². The van der Waals surface area contributed by atoms with Crippen LogP contribution < -0.4 is 9.64 Å². The Morgan fingerprint density at radius 2 is 2.00 bits per heavy atom. The zero-order valence-electron chi connectivity index (χ0n) is 16.1. The van der Waals surface area contributed by atoms with Crippen molar-refractivity contribution in [2.24, 2.45) is 0 Å². The molecule has 28 heavy (non-hydrogen) atoms. The van der Waals surface area contributed by atoms with Gasteiger partial charge in [0.2, 0.25) is 5.91 Å². The molecule has 0 radical (unpaired) electrons. The van der Waals surface area contributed by atoms with Gasteiger partial charge < -0.3 is 19.3 Å². The molecule has 1 aromatic carbocycles. The van der Waals surface area contributed by atoms with Crippen LogP contribution in [0.5, 0.6) is 5.75 Å². The summed E-state index contributed by atoms with van der Waals surface area (Å²) in [5, 5.41) is 0.993. The number of nitrogens with zero attached hydrogens (tertiary/aromatic N) is 4. The number of carbonyl (C=O) groups is 2. The third kappa shape index (κ3) is 3.51. The third-order valence-corrected chi connectivity index (χ3v) is 6.46. The molecule has 8 nitrogen and oxygen atoms in total. The highest BCUT2D eigenvalue weighted by Gasteiger charge is 2.40. The van der Waals surface area contributed by atoms with Crippen molar-refractivity contribution < 1.29 is 19.1 Å². The summed E-state index contributed by atoms with van der Waals surface area (Å²) in [6.07, 6.45) is 1.66. The minimum absolute atomic E-state index is 0.0923. The monoisotopic (exact) mass is 404 g/mol. The number of carbonyl (C=O) groups excluding carboxylic acids is 2. The Labute approximate surface area is 167 Å². The van der Waals surface area contributed by atoms with Gasteiger partial charge in [-0.2, -0.15) is 0 Å². The third-order valence-electron chi connectivity index (χ3n) is 5.36. The number of aromatic nitrogens is 1. The van der Waals surface area contributed by atoms with Crippen molar-refractivity contribution >= 4 is 38.6 Å². The van der Waals surface area contributed by atoms with Crippen molar-refractivity contribution in [2.45, 2.75) is 18.9 Å². The van der Waals surface area contributed by atoms with Crippen LogP contribution in [0, 0.1) is 0 Å². The number of piperidine rings is 1. The lowest BCUT2D eigenvalue weighted by atomic mass is 10.0. The second-order valence-corrected chi connectivity index (χ2v) is 8.01. The van der Waals surface area contributed by atoms with E-state index < -0.39 is 0 Å². The predicted molar refractivity (Wildman–Crippen MR) is 107 cm³/mol. The topological polar surface area (TPSA) is 75.2 Å². The van der Waals surface area contributed by atoms with Gasteiger partial charge in [0, 0.05) is 32.3 Å². The first kappa shape index (κ1) is 18.9. The van der Waals surface area contributed by atoms with E-state index in [0.29, 0.717) is 13.2 Å². The Hall–Kier alpha value is -2.39. The average Bonchev–Trinajstić information content (AvgIpc) is 3.27. The Balaban J connectivity index is 1.39. The summed E-state index contributed by atoms with van der Waals surface area (Å²) in [6.45, 7) is 2.49. The Morgan fingerprint density at radius 3 is 2.71 bits per heavy atom. The maximum atomic E-state index is 12.6. The van der Waals surface area contributed by atoms with Crippen molar-refractivity contribution in [1.82, 2.24) is 14.8 Å². The summed E-state index contributed by atoms with van der Waals surface area (Å²) in [4.78, 5) is 34.8. The van der Waals surface area contributed by atoms with Crippen LogP contribution in [0.15, 0.2) is 18.2 Å². The summed E-state index contributed by atoms with van der Waals surface area (Å²) in [5.74, 6) is 0.669. The van der Waals surface area contributed by atoms with E-state index in [1.807, 2.05) is 18.2 Å². The van der Waals surface area contributed by atoms with E-state index in [1.54, 1.807) is 30.5 Å². The van der Waals surface area contributed by atoms with Crippen molar-refractivity contribution in [1.29, 1.82) is 0 Å². The van der Waals surface area contributed by atoms with E-state index in [9.17, 15) is 9.59 Å². The normalized spacial score (nSPS) is 18.6. The van der Waals surface area contributed by atoms with Crippen LogP contribution in [0.3, 0.4) is 0 Å². The van der Waals surface area contributed by atoms with Gasteiger partial charge in [-0.05, 0) is 25.0 Å². The van der Waals surface area contributed by atoms with E-state index >= 15 is 0 Å². The van der Waals surface area contributed by atoms with E-state index in [1.165, 1.54) is 4.90 Å². The molecule has 0 unspecified atom stereocenters. The van der Waals surface area contributed by atoms with Gasteiger partial charge in [0.15, 0.2) is 5.13 Å². The number of methoxy groups -OCH3 is 2. The average molecular weight is 404 g/mol. The zero-order chi connectivity index (χ0) is 19.7. The van der Waals surface area contributed by atoms with Crippen LogP contribution in [0.4, 0.5) is 9.93 Å². The van der Waals surface area contributed by atoms with Gasteiger partial charge >= 0.3 is 6.03 Å². The summed E-state index contributed by atoms with van der Waals surface area (Å²) >= 11 is 1.67. The van der Waals surface area contributed by atoms with Crippen molar-refractivity contribution in [3.63, 3.8) is 0 Å². The maximum absolute atomic E-state index is 12.6. The Kier molecular flexibility index (Phi) is 5.36. The van der Waals surface area contributed by atoms with E-state index in [-0.39, 0.29) is 24.5 Å². The number of rotatable bonds is 6. The molecule has 0 atom stereocenters. The number of hydrogen-bond donors (Lipinski definition) is 0. The smallest absolute Gasteiger partial charge is 0.327 e. The second kappa shape index (κ2) is 7.92. The van der Waals surface area contributed by atoms with Crippen LogP contribution >= 0.6 is 11.3 Å². The lowest BCUT2D eigenvalue weighted by molar-refractivity contribution is -0.125. The molecule has 3 amide bonds. The number of ether oxygens (including phenoxy) is 2. The number of imide groups is 1. The van der Waals surface area contributed by atoms with E-state index in [4.69, 9.17) is 14.5 Å². The number of urea groups is 1. The van der Waals surface area contributed by atoms with Crippen molar-refractivity contribution in [3.8, 4) is 5.75 Å². The molecule has 3 heterocycles. The van der Waals surface area contributed by atoms with Gasteiger partial charge in [0.25, 0.3) is 0 Å². The van der Waals surface area contributed by atoms with E-state index in [0.717, 1.165) is 47.0 Å². The number of benzene rings is 1. The molecule has 9 heteroatoms. The molecule has 150 valence electrons. The number of anilines is 1. The van der Waals surface area contributed by atoms with Crippen LogP contribution in [0.25, 0.3) is 10.2 Å². The quantitative estimate of drug-likeness (QED) is 0.687. The van der Waals surface area contributed by atoms with Gasteiger partial charge in [0.05, 0.1) is 30.5 Å². The van der Waals surface area contributed by atoms with Crippen molar-refractivity contribution in [3.05, 3.63) is 18.2 Å². The molecule has 0 saturated carbocycles. The molecule has 4 rings (SSSR count). The minimum Gasteiger partial charge on any atom is -0.497 e. The molecule has 2 fully saturated rings. The molecule has 2 aromatic rings. The predicted octanol–water partition coefficient (Wildman–Crippen LogP) is 2.18. The molecule has 0 N–H and O–H groups in total. The summed E-state index contributed by atoms with van der Waals surface area (Å²) in [5.41, 5.74) is 0.940. The van der Waals surface area contributed by atoms with Crippen LogP contribution in [0.1, 0.15) is 12.8 Å². The fourth-order valence-corrected chi connectivity index (χ4v) is 4.77. The van der Waals surface area contributed by atoms with Gasteiger partial charge in [0.1, 0.15) is 12.3 Å². The highest BCUT2D eigenvalue weighted by molar-refractivity contribution is 7.22.